The van der Waals surface area contributed by atoms with Gasteiger partial charge in [-0.05, 0) is 37.1 Å². The molecule has 0 saturated carbocycles. The van der Waals surface area contributed by atoms with Crippen LogP contribution >= 0.6 is 0 Å². The number of nitrogens with one attached hydrogen (secondary N) is 1. The van der Waals surface area contributed by atoms with E-state index in [-0.39, 0.29) is 31.6 Å². The minimum atomic E-state index is -4.47. The molecule has 0 spiro atoms. The number of aromatic nitrogens is 2. The number of benzene rings is 2. The van der Waals surface area contributed by atoms with E-state index in [1.165, 1.54) is 22.8 Å². The van der Waals surface area contributed by atoms with Gasteiger partial charge in [-0.15, -0.1) is 0 Å². The lowest BCUT2D eigenvalue weighted by Gasteiger charge is -2.14. The summed E-state index contributed by atoms with van der Waals surface area (Å²) in [6.07, 6.45) is -4.48. The molecule has 3 aromatic rings. The quantitative estimate of drug-likeness (QED) is 0.668. The maximum absolute atomic E-state index is 13.1. The van der Waals surface area contributed by atoms with E-state index in [1.54, 1.807) is 31.2 Å². The maximum atomic E-state index is 13.1. The van der Waals surface area contributed by atoms with Crippen LogP contribution in [0.25, 0.3) is 10.9 Å². The Morgan fingerprint density at radius 2 is 1.67 bits per heavy atom. The van der Waals surface area contributed by atoms with Gasteiger partial charge in [0.25, 0.3) is 5.56 Å². The van der Waals surface area contributed by atoms with Crippen molar-refractivity contribution in [2.45, 2.75) is 32.6 Å². The molecule has 9 heteroatoms. The van der Waals surface area contributed by atoms with Crippen molar-refractivity contribution in [1.82, 2.24) is 14.5 Å². The summed E-state index contributed by atoms with van der Waals surface area (Å²) in [4.78, 5) is 37.4. The first kappa shape index (κ1) is 21.4. The zero-order valence-corrected chi connectivity index (χ0v) is 16.2. The van der Waals surface area contributed by atoms with Gasteiger partial charge < -0.3 is 5.32 Å². The second-order valence-electron chi connectivity index (χ2n) is 6.69. The highest BCUT2D eigenvalue weighted by Gasteiger charge is 2.32. The van der Waals surface area contributed by atoms with Crippen molar-refractivity contribution in [3.8, 4) is 0 Å². The van der Waals surface area contributed by atoms with Gasteiger partial charge in [0, 0.05) is 13.1 Å². The van der Waals surface area contributed by atoms with Gasteiger partial charge in [0.15, 0.2) is 0 Å². The van der Waals surface area contributed by atoms with Gasteiger partial charge >= 0.3 is 11.9 Å². The van der Waals surface area contributed by atoms with Crippen molar-refractivity contribution in [2.24, 2.45) is 0 Å². The predicted molar refractivity (Wildman–Crippen MR) is 106 cm³/mol. The van der Waals surface area contributed by atoms with Crippen LogP contribution in [0.1, 0.15) is 18.1 Å². The number of hydrogen-bond acceptors (Lipinski definition) is 3. The lowest BCUT2D eigenvalue weighted by atomic mass is 10.0. The first-order valence-electron chi connectivity index (χ1n) is 9.38. The van der Waals surface area contributed by atoms with E-state index in [0.717, 1.165) is 10.6 Å². The van der Waals surface area contributed by atoms with E-state index in [1.807, 2.05) is 0 Å². The van der Waals surface area contributed by atoms with Crippen LogP contribution in [0.15, 0.2) is 58.1 Å². The van der Waals surface area contributed by atoms with E-state index in [2.05, 4.69) is 5.32 Å². The van der Waals surface area contributed by atoms with Crippen LogP contribution < -0.4 is 16.6 Å². The number of fused-ring (bicyclic) bond motifs is 1. The highest BCUT2D eigenvalue weighted by molar-refractivity contribution is 5.81. The van der Waals surface area contributed by atoms with Gasteiger partial charge in [-0.1, -0.05) is 30.3 Å². The monoisotopic (exact) mass is 419 g/mol. The molecule has 158 valence electrons. The molecule has 2 aromatic carbocycles. The van der Waals surface area contributed by atoms with Crippen LogP contribution in [-0.4, -0.2) is 21.6 Å². The van der Waals surface area contributed by atoms with E-state index < -0.39 is 28.9 Å². The highest BCUT2D eigenvalue weighted by Crippen LogP contribution is 2.31. The molecule has 3 rings (SSSR count). The maximum Gasteiger partial charge on any atom is 0.416 e. The van der Waals surface area contributed by atoms with Crippen LogP contribution in [0, 0.1) is 0 Å². The Morgan fingerprint density at radius 1 is 1.00 bits per heavy atom. The molecule has 0 aliphatic rings. The van der Waals surface area contributed by atoms with E-state index in [4.69, 9.17) is 0 Å². The molecule has 1 aromatic heterocycles. The van der Waals surface area contributed by atoms with Crippen molar-refractivity contribution in [3.63, 3.8) is 0 Å². The molecule has 1 heterocycles. The number of carbonyl (C=O) groups excluding carboxylic acids is 1. The van der Waals surface area contributed by atoms with E-state index >= 15 is 0 Å². The number of halogens is 3. The number of hydrogen-bond donors (Lipinski definition) is 1. The van der Waals surface area contributed by atoms with Crippen LogP contribution in [0.3, 0.4) is 0 Å². The lowest BCUT2D eigenvalue weighted by Crippen LogP contribution is -2.42. The SMILES string of the molecule is CCn1c(=O)c2ccccc2n(CC(=O)NCCc2ccccc2C(F)(F)F)c1=O. The van der Waals surface area contributed by atoms with Crippen molar-refractivity contribution in [2.75, 3.05) is 6.54 Å². The minimum Gasteiger partial charge on any atom is -0.354 e. The Morgan fingerprint density at radius 3 is 2.37 bits per heavy atom. The minimum absolute atomic E-state index is 0.00841. The van der Waals surface area contributed by atoms with Crippen molar-refractivity contribution < 1.29 is 18.0 Å². The van der Waals surface area contributed by atoms with Crippen molar-refractivity contribution in [3.05, 3.63) is 80.5 Å². The molecule has 6 nitrogen and oxygen atoms in total. The molecule has 0 bridgehead atoms. The molecule has 0 saturated heterocycles. The number of alkyl halides is 3. The van der Waals surface area contributed by atoms with Gasteiger partial charge in [-0.25, -0.2) is 4.79 Å². The average molecular weight is 419 g/mol. The molecule has 1 amide bonds. The number of nitrogens with zero attached hydrogens (tertiary/aromatic N) is 2. The Hall–Kier alpha value is -3.36. The summed E-state index contributed by atoms with van der Waals surface area (Å²) in [7, 11) is 0. The topological polar surface area (TPSA) is 73.1 Å². The molecule has 0 atom stereocenters. The molecule has 30 heavy (non-hydrogen) atoms. The summed E-state index contributed by atoms with van der Waals surface area (Å²) in [5.74, 6) is -0.534. The Labute approximate surface area is 169 Å². The fourth-order valence-corrected chi connectivity index (χ4v) is 3.35. The largest absolute Gasteiger partial charge is 0.416 e. The van der Waals surface area contributed by atoms with Gasteiger partial charge in [-0.2, -0.15) is 13.2 Å². The molecule has 0 radical (unpaired) electrons. The third-order valence-corrected chi connectivity index (χ3v) is 4.79. The summed E-state index contributed by atoms with van der Waals surface area (Å²) in [5, 5.41) is 2.86. The van der Waals surface area contributed by atoms with Crippen molar-refractivity contribution in [1.29, 1.82) is 0 Å². The smallest absolute Gasteiger partial charge is 0.354 e. The molecular formula is C21H20F3N3O3. The summed E-state index contributed by atoms with van der Waals surface area (Å²) in [5.41, 5.74) is -1.38. The lowest BCUT2D eigenvalue weighted by molar-refractivity contribution is -0.138. The molecule has 1 N–H and O–H groups in total. The summed E-state index contributed by atoms with van der Waals surface area (Å²) in [6, 6.07) is 11.6. The number of rotatable bonds is 6. The Bertz CT molecular complexity index is 1200. The third-order valence-electron chi connectivity index (χ3n) is 4.79. The van der Waals surface area contributed by atoms with E-state index in [0.29, 0.717) is 10.9 Å². The molecule has 0 unspecified atom stereocenters. The number of para-hydroxylation sites is 1. The summed E-state index contributed by atoms with van der Waals surface area (Å²) >= 11 is 0. The van der Waals surface area contributed by atoms with Crippen LogP contribution in [0.4, 0.5) is 13.2 Å². The zero-order chi connectivity index (χ0) is 21.9. The van der Waals surface area contributed by atoms with E-state index in [9.17, 15) is 27.6 Å². The van der Waals surface area contributed by atoms with Gasteiger partial charge in [-0.3, -0.25) is 18.7 Å². The normalized spacial score (nSPS) is 11.6. The number of amides is 1. The van der Waals surface area contributed by atoms with Crippen molar-refractivity contribution >= 4 is 16.8 Å². The standard InChI is InChI=1S/C21H20F3N3O3/c1-2-26-19(29)15-8-4-6-10-17(15)27(20(26)30)13-18(28)25-12-11-14-7-3-5-9-16(14)21(22,23)24/h3-10H,2,11-13H2,1H3,(H,25,28). The molecule has 0 fully saturated rings. The third kappa shape index (κ3) is 4.29. The van der Waals surface area contributed by atoms with Gasteiger partial charge in [0.05, 0.1) is 16.5 Å². The fourth-order valence-electron chi connectivity index (χ4n) is 3.35. The average Bonchev–Trinajstić information content (AvgIpc) is 2.71. The summed E-state index contributed by atoms with van der Waals surface area (Å²) in [6.45, 7) is 1.44. The fraction of sp³-hybridized carbons (Fsp3) is 0.286. The molecule has 0 aliphatic heterocycles. The molecule has 0 aliphatic carbocycles. The second kappa shape index (κ2) is 8.56. The van der Waals surface area contributed by atoms with Gasteiger partial charge in [0.1, 0.15) is 6.54 Å². The Kier molecular flexibility index (Phi) is 6.09. The van der Waals surface area contributed by atoms with Crippen LogP contribution in [0.2, 0.25) is 0 Å². The first-order valence-corrected chi connectivity index (χ1v) is 9.38. The van der Waals surface area contributed by atoms with Crippen LogP contribution in [-0.2, 0) is 30.5 Å². The van der Waals surface area contributed by atoms with Gasteiger partial charge in [0.2, 0.25) is 5.91 Å². The Balaban J connectivity index is 1.78. The predicted octanol–water partition coefficient (Wildman–Crippen LogP) is 2.56. The highest BCUT2D eigenvalue weighted by atomic mass is 19.4. The zero-order valence-electron chi connectivity index (χ0n) is 16.2. The number of carbonyl (C=O) groups is 1. The second-order valence-corrected chi connectivity index (χ2v) is 6.69. The van der Waals surface area contributed by atoms with Crippen LogP contribution in [0.5, 0.6) is 0 Å². The first-order chi connectivity index (χ1) is 14.2. The molecular weight excluding hydrogens is 399 g/mol. The summed E-state index contributed by atoms with van der Waals surface area (Å²) < 4.78 is 41.4.